The second-order valence-corrected chi connectivity index (χ2v) is 13.8. The average Bonchev–Trinajstić information content (AvgIpc) is 3.61. The number of aliphatic hydroxyl groups excluding tert-OH is 1. The molecule has 2 aliphatic heterocycles. The summed E-state index contributed by atoms with van der Waals surface area (Å²) in [5.74, 6) is 0.304. The van der Waals surface area contributed by atoms with Crippen LogP contribution in [0.5, 0.6) is 5.75 Å². The molecule has 2 heterocycles. The van der Waals surface area contributed by atoms with Crippen LogP contribution in [0.3, 0.4) is 0 Å². The summed E-state index contributed by atoms with van der Waals surface area (Å²) in [6.45, 7) is 3.97. The number of hydrogen-bond acceptors (Lipinski definition) is 8. The first kappa shape index (κ1) is 32.7. The number of carboxylic acid groups (broad SMARTS) is 1. The quantitative estimate of drug-likeness (QED) is 0.324. The van der Waals surface area contributed by atoms with Gasteiger partial charge in [-0.3, -0.25) is 4.90 Å². The van der Waals surface area contributed by atoms with Gasteiger partial charge in [0.15, 0.2) is 6.29 Å². The Morgan fingerprint density at radius 3 is 2.49 bits per heavy atom. The first-order valence-corrected chi connectivity index (χ1v) is 15.9. The van der Waals surface area contributed by atoms with E-state index in [1.54, 1.807) is 12.1 Å². The molecule has 4 rings (SSSR count). The number of ether oxygens (including phenoxy) is 3. The van der Waals surface area contributed by atoms with Crippen molar-refractivity contribution in [2.75, 3.05) is 33.4 Å². The molecule has 2 saturated heterocycles. The predicted molar refractivity (Wildman–Crippen MR) is 158 cm³/mol. The zero-order valence-electron chi connectivity index (χ0n) is 24.8. The van der Waals surface area contributed by atoms with E-state index in [1.807, 2.05) is 44.2 Å². The minimum absolute atomic E-state index is 0.0102. The van der Waals surface area contributed by atoms with Gasteiger partial charge in [-0.15, -0.1) is 0 Å². The average molecular weight is 616 g/mol. The number of rotatable bonds is 14. The van der Waals surface area contributed by atoms with Gasteiger partial charge in [0.25, 0.3) is 0 Å². The smallest absolute Gasteiger partial charge is 0.407 e. The molecular weight excluding hydrogens is 574 g/mol. The van der Waals surface area contributed by atoms with Gasteiger partial charge >= 0.3 is 6.09 Å². The second kappa shape index (κ2) is 14.1. The molecule has 2 N–H and O–H groups in total. The maximum Gasteiger partial charge on any atom is 0.407 e. The molecule has 12 heteroatoms. The van der Waals surface area contributed by atoms with Crippen molar-refractivity contribution in [1.82, 2.24) is 9.21 Å². The summed E-state index contributed by atoms with van der Waals surface area (Å²) in [5, 5.41) is 31.5. The minimum atomic E-state index is -4.14. The molecule has 5 atom stereocenters. The molecule has 0 radical (unpaired) electrons. The van der Waals surface area contributed by atoms with Crippen molar-refractivity contribution in [3.8, 4) is 11.8 Å². The van der Waals surface area contributed by atoms with E-state index in [1.165, 1.54) is 28.4 Å². The molecule has 2 aromatic rings. The standard InChI is InChI=1S/C31H41N3O8S/c1-31(2,15-7-16-32)21-33(43(38,39)24-12-10-23(40-3)11-13-24)19-28(35)26(18-22-8-5-4-6-9-22)34(30(36)37)27-20-42-29-25(27)14-17-41-29/h4-6,8-13,25-29,35H,7,14-15,17-21H2,1-3H3,(H,36,37)/t25-,26-,27-,28+,29+/m0/s1. The van der Waals surface area contributed by atoms with Gasteiger partial charge in [0.05, 0.1) is 49.5 Å². The number of methoxy groups -OCH3 is 1. The van der Waals surface area contributed by atoms with Crippen LogP contribution in [0.1, 0.15) is 38.7 Å². The number of fused-ring (bicyclic) bond motifs is 1. The van der Waals surface area contributed by atoms with Crippen molar-refractivity contribution in [2.24, 2.45) is 11.3 Å². The van der Waals surface area contributed by atoms with Crippen LogP contribution in [-0.4, -0.2) is 91.8 Å². The van der Waals surface area contributed by atoms with E-state index in [2.05, 4.69) is 6.07 Å². The first-order chi connectivity index (χ1) is 20.5. The largest absolute Gasteiger partial charge is 0.497 e. The lowest BCUT2D eigenvalue weighted by Gasteiger charge is -2.40. The van der Waals surface area contributed by atoms with E-state index in [0.717, 1.165) is 5.56 Å². The van der Waals surface area contributed by atoms with Crippen molar-refractivity contribution in [3.05, 3.63) is 60.2 Å². The maximum absolute atomic E-state index is 14.1. The second-order valence-electron chi connectivity index (χ2n) is 11.9. The van der Waals surface area contributed by atoms with Gasteiger partial charge in [-0.1, -0.05) is 44.2 Å². The topological polar surface area (TPSA) is 150 Å². The van der Waals surface area contributed by atoms with Crippen molar-refractivity contribution < 1.29 is 37.6 Å². The molecule has 0 saturated carbocycles. The van der Waals surface area contributed by atoms with Gasteiger partial charge in [-0.25, -0.2) is 13.2 Å². The number of aliphatic hydroxyl groups is 1. The Morgan fingerprint density at radius 2 is 1.86 bits per heavy atom. The molecule has 2 aliphatic rings. The lowest BCUT2D eigenvalue weighted by Crippen LogP contribution is -2.58. The Labute approximate surface area is 253 Å². The number of hydrogen-bond donors (Lipinski definition) is 2. The Kier molecular flexibility index (Phi) is 10.7. The Hall–Kier alpha value is -3.21. The maximum atomic E-state index is 14.1. The van der Waals surface area contributed by atoms with Crippen LogP contribution in [0.15, 0.2) is 59.5 Å². The van der Waals surface area contributed by atoms with E-state index in [0.29, 0.717) is 25.2 Å². The van der Waals surface area contributed by atoms with Crippen LogP contribution < -0.4 is 4.74 Å². The minimum Gasteiger partial charge on any atom is -0.497 e. The van der Waals surface area contributed by atoms with Gasteiger partial charge in [0.2, 0.25) is 10.0 Å². The van der Waals surface area contributed by atoms with Crippen molar-refractivity contribution in [1.29, 1.82) is 5.26 Å². The summed E-state index contributed by atoms with van der Waals surface area (Å²) in [5.41, 5.74) is 0.194. The third-order valence-electron chi connectivity index (χ3n) is 8.28. The van der Waals surface area contributed by atoms with Gasteiger partial charge in [-0.05, 0) is 54.5 Å². The summed E-state index contributed by atoms with van der Waals surface area (Å²) in [6, 6.07) is 15.8. The highest BCUT2D eigenvalue weighted by Gasteiger charge is 2.49. The summed E-state index contributed by atoms with van der Waals surface area (Å²) in [4.78, 5) is 14.1. The number of amides is 1. The monoisotopic (exact) mass is 615 g/mol. The summed E-state index contributed by atoms with van der Waals surface area (Å²) in [7, 11) is -2.65. The Balaban J connectivity index is 1.71. The highest BCUT2D eigenvalue weighted by molar-refractivity contribution is 7.89. The normalized spacial score (nSPS) is 21.6. The summed E-state index contributed by atoms with van der Waals surface area (Å²) >= 11 is 0. The van der Waals surface area contributed by atoms with Gasteiger partial charge in [0, 0.05) is 25.4 Å². The van der Waals surface area contributed by atoms with Crippen LogP contribution in [0.2, 0.25) is 0 Å². The third kappa shape index (κ3) is 7.85. The van der Waals surface area contributed by atoms with E-state index in [9.17, 15) is 28.7 Å². The van der Waals surface area contributed by atoms with Crippen LogP contribution in [0.4, 0.5) is 4.79 Å². The molecule has 43 heavy (non-hydrogen) atoms. The molecule has 0 aromatic heterocycles. The summed E-state index contributed by atoms with van der Waals surface area (Å²) in [6.07, 6.45) is -1.66. The van der Waals surface area contributed by atoms with Crippen LogP contribution in [0.25, 0.3) is 0 Å². The number of sulfonamides is 1. The molecule has 0 bridgehead atoms. The third-order valence-corrected chi connectivity index (χ3v) is 10.1. The molecule has 1 amide bonds. The lowest BCUT2D eigenvalue weighted by molar-refractivity contribution is -0.0906. The van der Waals surface area contributed by atoms with Crippen molar-refractivity contribution in [3.63, 3.8) is 0 Å². The molecule has 0 spiro atoms. The zero-order chi connectivity index (χ0) is 31.2. The van der Waals surface area contributed by atoms with Crippen molar-refractivity contribution in [2.45, 2.75) is 68.9 Å². The van der Waals surface area contributed by atoms with Crippen LogP contribution in [0, 0.1) is 22.7 Å². The fraction of sp³-hybridized carbons (Fsp3) is 0.548. The first-order valence-electron chi connectivity index (χ1n) is 14.4. The molecule has 0 aliphatic carbocycles. The Bertz CT molecular complexity index is 1360. The zero-order valence-corrected chi connectivity index (χ0v) is 25.7. The molecule has 2 aromatic carbocycles. The number of nitriles is 1. The van der Waals surface area contributed by atoms with E-state index in [-0.39, 0.29) is 43.4 Å². The van der Waals surface area contributed by atoms with Crippen LogP contribution >= 0.6 is 0 Å². The SMILES string of the molecule is COc1ccc(S(=O)(=O)N(C[C@@H](O)[C@H](Cc2ccccc2)N(C(=O)O)[C@H]2CO[C@H]3OCC[C@H]32)CC(C)(C)CCC#N)cc1. The lowest BCUT2D eigenvalue weighted by atomic mass is 9.87. The highest BCUT2D eigenvalue weighted by atomic mass is 32.2. The van der Waals surface area contributed by atoms with E-state index < -0.39 is 46.0 Å². The number of nitrogens with zero attached hydrogens (tertiary/aromatic N) is 3. The van der Waals surface area contributed by atoms with Gasteiger partial charge in [-0.2, -0.15) is 9.57 Å². The molecule has 11 nitrogen and oxygen atoms in total. The van der Waals surface area contributed by atoms with Crippen LogP contribution in [-0.2, 0) is 25.9 Å². The molecule has 234 valence electrons. The predicted octanol–water partition coefficient (Wildman–Crippen LogP) is 3.73. The number of carbonyl (C=O) groups is 1. The number of benzene rings is 2. The molecule has 2 fully saturated rings. The van der Waals surface area contributed by atoms with E-state index in [4.69, 9.17) is 14.2 Å². The fourth-order valence-corrected chi connectivity index (χ4v) is 7.61. The summed E-state index contributed by atoms with van der Waals surface area (Å²) < 4.78 is 45.9. The molecule has 0 unspecified atom stereocenters. The highest BCUT2D eigenvalue weighted by Crippen LogP contribution is 2.36. The van der Waals surface area contributed by atoms with E-state index >= 15 is 0 Å². The molecular formula is C31H41N3O8S. The van der Waals surface area contributed by atoms with Gasteiger partial charge in [0.1, 0.15) is 5.75 Å². The van der Waals surface area contributed by atoms with Crippen molar-refractivity contribution >= 4 is 16.1 Å². The Morgan fingerprint density at radius 1 is 1.16 bits per heavy atom. The van der Waals surface area contributed by atoms with Gasteiger partial charge < -0.3 is 24.4 Å². The fourth-order valence-electron chi connectivity index (χ4n) is 5.96.